The number of aliphatic imine (C=N–C) groups is 1. The molecule has 1 N–H and O–H groups in total. The lowest BCUT2D eigenvalue weighted by molar-refractivity contribution is 0.474. The summed E-state index contributed by atoms with van der Waals surface area (Å²) in [6.45, 7) is 4.39. The molecule has 0 radical (unpaired) electrons. The number of hydrogen-bond donors (Lipinski definition) is 1. The predicted molar refractivity (Wildman–Crippen MR) is 128 cm³/mol. The van der Waals surface area contributed by atoms with Crippen LogP contribution in [0.4, 0.5) is 0 Å². The highest BCUT2D eigenvalue weighted by Crippen LogP contribution is 2.27. The van der Waals surface area contributed by atoms with Gasteiger partial charge in [-0.1, -0.05) is 6.07 Å². The van der Waals surface area contributed by atoms with E-state index < -0.39 is 0 Å². The molecule has 29 heavy (non-hydrogen) atoms. The van der Waals surface area contributed by atoms with E-state index in [0.717, 1.165) is 43.4 Å². The first kappa shape index (κ1) is 21.9. The SMILES string of the molecule is CCNC(=NCCc1nnc2ccccn12)N(C)Cc1nc2c(s1)CCCC2.I. The van der Waals surface area contributed by atoms with Crippen LogP contribution < -0.4 is 5.32 Å². The zero-order chi connectivity index (χ0) is 19.3. The van der Waals surface area contributed by atoms with Crippen LogP contribution in [0.1, 0.15) is 41.2 Å². The number of guanidine groups is 1. The van der Waals surface area contributed by atoms with Gasteiger partial charge in [-0.05, 0) is 44.7 Å². The zero-order valence-electron chi connectivity index (χ0n) is 17.0. The second-order valence-corrected chi connectivity index (χ2v) is 8.24. The summed E-state index contributed by atoms with van der Waals surface area (Å²) in [5.41, 5.74) is 2.19. The van der Waals surface area contributed by atoms with Crippen molar-refractivity contribution in [2.45, 2.75) is 45.6 Å². The lowest BCUT2D eigenvalue weighted by Crippen LogP contribution is -2.38. The molecule has 7 nitrogen and oxygen atoms in total. The van der Waals surface area contributed by atoms with E-state index in [1.807, 2.05) is 40.1 Å². The third-order valence-corrected chi connectivity index (χ3v) is 6.08. The van der Waals surface area contributed by atoms with Gasteiger partial charge in [-0.3, -0.25) is 9.39 Å². The zero-order valence-corrected chi connectivity index (χ0v) is 20.1. The summed E-state index contributed by atoms with van der Waals surface area (Å²) in [5, 5.41) is 13.1. The Labute approximate surface area is 192 Å². The molecular weight excluding hydrogens is 497 g/mol. The average Bonchev–Trinajstić information content (AvgIpc) is 3.30. The number of thiazole rings is 1. The molecule has 0 amide bonds. The Bertz CT molecular complexity index is 941. The Hall–Kier alpha value is -1.75. The van der Waals surface area contributed by atoms with Crippen LogP contribution >= 0.6 is 35.3 Å². The monoisotopic (exact) mass is 525 g/mol. The molecule has 0 aromatic carbocycles. The molecule has 0 saturated carbocycles. The summed E-state index contributed by atoms with van der Waals surface area (Å²) >= 11 is 1.87. The fraction of sp³-hybridized carbons (Fsp3) is 0.500. The summed E-state index contributed by atoms with van der Waals surface area (Å²) in [5.74, 6) is 1.84. The Morgan fingerprint density at radius 3 is 2.97 bits per heavy atom. The van der Waals surface area contributed by atoms with Crippen molar-refractivity contribution in [1.82, 2.24) is 29.8 Å². The minimum absolute atomic E-state index is 0. The van der Waals surface area contributed by atoms with Gasteiger partial charge in [0.15, 0.2) is 11.6 Å². The third kappa shape index (κ3) is 5.25. The summed E-state index contributed by atoms with van der Waals surface area (Å²) < 4.78 is 2.02. The minimum Gasteiger partial charge on any atom is -0.357 e. The normalized spacial score (nSPS) is 13.8. The quantitative estimate of drug-likeness (QED) is 0.304. The second kappa shape index (κ2) is 10.3. The van der Waals surface area contributed by atoms with Crippen LogP contribution in [0.2, 0.25) is 0 Å². The van der Waals surface area contributed by atoms with Crippen molar-refractivity contribution in [3.63, 3.8) is 0 Å². The predicted octanol–water partition coefficient (Wildman–Crippen LogP) is 3.32. The number of fused-ring (bicyclic) bond motifs is 2. The Kier molecular flexibility index (Phi) is 7.82. The molecule has 0 unspecified atom stereocenters. The van der Waals surface area contributed by atoms with Gasteiger partial charge in [-0.2, -0.15) is 0 Å². The number of nitrogens with zero attached hydrogens (tertiary/aromatic N) is 6. The van der Waals surface area contributed by atoms with E-state index in [0.29, 0.717) is 6.54 Å². The van der Waals surface area contributed by atoms with E-state index in [4.69, 9.17) is 9.98 Å². The van der Waals surface area contributed by atoms with E-state index >= 15 is 0 Å². The number of halogens is 1. The van der Waals surface area contributed by atoms with Gasteiger partial charge in [-0.15, -0.1) is 45.5 Å². The topological polar surface area (TPSA) is 70.7 Å². The van der Waals surface area contributed by atoms with Crippen LogP contribution in [0.3, 0.4) is 0 Å². The van der Waals surface area contributed by atoms with Gasteiger partial charge >= 0.3 is 0 Å². The molecule has 0 spiro atoms. The number of aryl methyl sites for hydroxylation is 2. The highest BCUT2D eigenvalue weighted by Gasteiger charge is 2.17. The molecule has 3 aromatic rings. The Morgan fingerprint density at radius 1 is 1.28 bits per heavy atom. The molecule has 1 aliphatic carbocycles. The molecule has 3 heterocycles. The van der Waals surface area contributed by atoms with E-state index in [1.54, 1.807) is 0 Å². The van der Waals surface area contributed by atoms with Crippen LogP contribution in [-0.2, 0) is 25.8 Å². The number of aromatic nitrogens is 4. The van der Waals surface area contributed by atoms with Crippen molar-refractivity contribution in [3.05, 3.63) is 45.8 Å². The van der Waals surface area contributed by atoms with Crippen molar-refractivity contribution in [1.29, 1.82) is 0 Å². The molecule has 9 heteroatoms. The number of nitrogens with one attached hydrogen (secondary N) is 1. The minimum atomic E-state index is 0. The molecule has 0 aliphatic heterocycles. The van der Waals surface area contributed by atoms with Crippen LogP contribution in [-0.4, -0.2) is 50.6 Å². The molecule has 4 rings (SSSR count). The molecule has 1 aliphatic rings. The first-order valence-electron chi connectivity index (χ1n) is 10.00. The first-order chi connectivity index (χ1) is 13.7. The van der Waals surface area contributed by atoms with Crippen molar-refractivity contribution >= 4 is 46.9 Å². The van der Waals surface area contributed by atoms with E-state index in [-0.39, 0.29) is 24.0 Å². The van der Waals surface area contributed by atoms with E-state index in [9.17, 15) is 0 Å². The fourth-order valence-electron chi connectivity index (χ4n) is 3.54. The second-order valence-electron chi connectivity index (χ2n) is 7.07. The Morgan fingerprint density at radius 2 is 2.14 bits per heavy atom. The maximum absolute atomic E-state index is 4.86. The molecular formula is C20H28IN7S. The molecule has 3 aromatic heterocycles. The molecule has 0 atom stereocenters. The Balaban J connectivity index is 0.00000240. The summed E-state index contributed by atoms with van der Waals surface area (Å²) in [6, 6.07) is 5.93. The summed E-state index contributed by atoms with van der Waals surface area (Å²) in [6.07, 6.45) is 7.64. The number of rotatable bonds is 6. The smallest absolute Gasteiger partial charge is 0.194 e. The van der Waals surface area contributed by atoms with Gasteiger partial charge in [0.05, 0.1) is 12.2 Å². The number of pyridine rings is 1. The van der Waals surface area contributed by atoms with Crippen LogP contribution in [0.15, 0.2) is 29.4 Å². The van der Waals surface area contributed by atoms with Gasteiger partial charge < -0.3 is 10.2 Å². The van der Waals surface area contributed by atoms with Crippen molar-refractivity contribution in [3.8, 4) is 0 Å². The average molecular weight is 525 g/mol. The maximum Gasteiger partial charge on any atom is 0.194 e. The molecule has 156 valence electrons. The first-order valence-corrected chi connectivity index (χ1v) is 10.8. The fourth-order valence-corrected chi connectivity index (χ4v) is 4.75. The molecule has 0 bridgehead atoms. The largest absolute Gasteiger partial charge is 0.357 e. The van der Waals surface area contributed by atoms with Crippen LogP contribution in [0.25, 0.3) is 5.65 Å². The standard InChI is InChI=1S/C20H27N7S.HI/c1-3-21-20(22-12-11-18-25-24-17-10-6-7-13-27(17)18)26(2)14-19-23-15-8-4-5-9-16(15)28-19;/h6-7,10,13H,3-5,8-9,11-12,14H2,1-2H3,(H,21,22);1H. The highest BCUT2D eigenvalue weighted by atomic mass is 127. The lowest BCUT2D eigenvalue weighted by Gasteiger charge is -2.20. The number of hydrogen-bond acceptors (Lipinski definition) is 5. The van der Waals surface area contributed by atoms with Crippen molar-refractivity contribution < 1.29 is 0 Å². The highest BCUT2D eigenvalue weighted by molar-refractivity contribution is 14.0. The lowest BCUT2D eigenvalue weighted by atomic mass is 10.0. The third-order valence-electron chi connectivity index (χ3n) is 4.94. The van der Waals surface area contributed by atoms with E-state index in [1.165, 1.54) is 34.8 Å². The summed E-state index contributed by atoms with van der Waals surface area (Å²) in [4.78, 5) is 13.3. The van der Waals surface area contributed by atoms with Gasteiger partial charge in [0.1, 0.15) is 10.8 Å². The van der Waals surface area contributed by atoms with Crippen molar-refractivity contribution in [2.75, 3.05) is 20.1 Å². The molecule has 0 fully saturated rings. The van der Waals surface area contributed by atoms with Gasteiger partial charge in [0.2, 0.25) is 0 Å². The van der Waals surface area contributed by atoms with Gasteiger partial charge in [0.25, 0.3) is 0 Å². The maximum atomic E-state index is 4.86. The van der Waals surface area contributed by atoms with E-state index in [2.05, 4.69) is 34.4 Å². The summed E-state index contributed by atoms with van der Waals surface area (Å²) in [7, 11) is 2.08. The molecule has 0 saturated heterocycles. The van der Waals surface area contributed by atoms with Gasteiger partial charge in [0, 0.05) is 37.6 Å². The van der Waals surface area contributed by atoms with Crippen LogP contribution in [0.5, 0.6) is 0 Å². The van der Waals surface area contributed by atoms with Crippen molar-refractivity contribution in [2.24, 2.45) is 4.99 Å². The van der Waals surface area contributed by atoms with Gasteiger partial charge in [-0.25, -0.2) is 4.98 Å². The van der Waals surface area contributed by atoms with Crippen LogP contribution in [0, 0.1) is 0 Å².